The van der Waals surface area contributed by atoms with Crippen molar-refractivity contribution >= 4 is 7.82 Å². The van der Waals surface area contributed by atoms with Crippen LogP contribution in [0.4, 0.5) is 0 Å². The molecule has 4 nitrogen and oxygen atoms in total. The standard InChI is InChI=1S/C14H23O4P/c1-13(2,3)10-7-8-11(14(4,5)6)12(9-10)18-19(15,16)17/h7-9H,1-6H3,(H2,15,16,17). The van der Waals surface area contributed by atoms with E-state index in [9.17, 15) is 4.57 Å². The molecule has 0 amide bonds. The van der Waals surface area contributed by atoms with Crippen LogP contribution in [-0.4, -0.2) is 9.79 Å². The Morgan fingerprint density at radius 3 is 1.89 bits per heavy atom. The lowest BCUT2D eigenvalue weighted by Gasteiger charge is -2.26. The van der Waals surface area contributed by atoms with Gasteiger partial charge < -0.3 is 4.52 Å². The van der Waals surface area contributed by atoms with Crippen LogP contribution in [0.25, 0.3) is 0 Å². The van der Waals surface area contributed by atoms with Crippen LogP contribution in [0.5, 0.6) is 5.75 Å². The largest absolute Gasteiger partial charge is 0.524 e. The monoisotopic (exact) mass is 286 g/mol. The topological polar surface area (TPSA) is 66.8 Å². The Hall–Kier alpha value is -0.830. The third-order valence-electron chi connectivity index (χ3n) is 2.87. The molecule has 0 aliphatic carbocycles. The quantitative estimate of drug-likeness (QED) is 0.812. The summed E-state index contributed by atoms with van der Waals surface area (Å²) < 4.78 is 16.0. The molecule has 0 saturated heterocycles. The van der Waals surface area contributed by atoms with E-state index in [1.165, 1.54) is 0 Å². The lowest BCUT2D eigenvalue weighted by molar-refractivity contribution is 0.280. The van der Waals surface area contributed by atoms with Gasteiger partial charge in [0.15, 0.2) is 0 Å². The summed E-state index contributed by atoms with van der Waals surface area (Å²) in [7, 11) is -4.56. The smallest absolute Gasteiger partial charge is 0.404 e. The number of rotatable bonds is 2. The summed E-state index contributed by atoms with van der Waals surface area (Å²) in [6.45, 7) is 12.1. The summed E-state index contributed by atoms with van der Waals surface area (Å²) in [6.07, 6.45) is 0. The molecule has 0 saturated carbocycles. The van der Waals surface area contributed by atoms with Crippen LogP contribution in [0, 0.1) is 0 Å². The van der Waals surface area contributed by atoms with E-state index in [4.69, 9.17) is 14.3 Å². The maximum atomic E-state index is 11.1. The van der Waals surface area contributed by atoms with Gasteiger partial charge in [0, 0.05) is 5.56 Å². The van der Waals surface area contributed by atoms with Gasteiger partial charge in [-0.2, -0.15) is 0 Å². The van der Waals surface area contributed by atoms with Crippen molar-refractivity contribution in [2.24, 2.45) is 0 Å². The van der Waals surface area contributed by atoms with Crippen LogP contribution >= 0.6 is 7.82 Å². The maximum Gasteiger partial charge on any atom is 0.524 e. The minimum absolute atomic E-state index is 0.108. The molecule has 5 heteroatoms. The minimum Gasteiger partial charge on any atom is -0.404 e. The summed E-state index contributed by atoms with van der Waals surface area (Å²) in [5.74, 6) is 0.258. The summed E-state index contributed by atoms with van der Waals surface area (Å²) in [5, 5.41) is 0. The second-order valence-corrected chi connectivity index (χ2v) is 7.96. The molecule has 108 valence electrons. The summed E-state index contributed by atoms with van der Waals surface area (Å²) in [4.78, 5) is 18.1. The van der Waals surface area contributed by atoms with Gasteiger partial charge in [0.1, 0.15) is 5.75 Å². The Bertz CT molecular complexity index is 503. The maximum absolute atomic E-state index is 11.1. The molecule has 0 aromatic heterocycles. The lowest BCUT2D eigenvalue weighted by Crippen LogP contribution is -2.16. The first-order valence-electron chi connectivity index (χ1n) is 6.21. The number of phosphoric ester groups is 1. The molecule has 0 bridgehead atoms. The molecule has 1 aromatic carbocycles. The van der Waals surface area contributed by atoms with E-state index in [0.717, 1.165) is 11.1 Å². The van der Waals surface area contributed by atoms with E-state index in [1.807, 2.05) is 53.7 Å². The van der Waals surface area contributed by atoms with E-state index < -0.39 is 7.82 Å². The number of phosphoric acid groups is 1. The predicted molar refractivity (Wildman–Crippen MR) is 76.5 cm³/mol. The number of benzene rings is 1. The van der Waals surface area contributed by atoms with Gasteiger partial charge in [0.05, 0.1) is 0 Å². The highest BCUT2D eigenvalue weighted by molar-refractivity contribution is 7.46. The Labute approximate surface area is 115 Å². The number of hydrogen-bond acceptors (Lipinski definition) is 2. The van der Waals surface area contributed by atoms with Crippen LogP contribution < -0.4 is 4.52 Å². The van der Waals surface area contributed by atoms with Crippen LogP contribution in [0.1, 0.15) is 52.7 Å². The van der Waals surface area contributed by atoms with Gasteiger partial charge in [-0.25, -0.2) is 4.57 Å². The summed E-state index contributed by atoms with van der Waals surface area (Å²) in [6, 6.07) is 5.58. The summed E-state index contributed by atoms with van der Waals surface area (Å²) >= 11 is 0. The van der Waals surface area contributed by atoms with Crippen LogP contribution in [-0.2, 0) is 15.4 Å². The zero-order valence-corrected chi connectivity index (χ0v) is 13.3. The van der Waals surface area contributed by atoms with Crippen molar-refractivity contribution in [2.45, 2.75) is 52.4 Å². The Morgan fingerprint density at radius 2 is 1.53 bits per heavy atom. The first-order valence-corrected chi connectivity index (χ1v) is 7.74. The molecule has 0 radical (unpaired) electrons. The highest BCUT2D eigenvalue weighted by atomic mass is 31.2. The first kappa shape index (κ1) is 16.2. The molecule has 1 aromatic rings. The second kappa shape index (κ2) is 4.93. The van der Waals surface area contributed by atoms with E-state index in [2.05, 4.69) is 0 Å². The van der Waals surface area contributed by atoms with E-state index >= 15 is 0 Å². The van der Waals surface area contributed by atoms with Gasteiger partial charge >= 0.3 is 7.82 Å². The fraction of sp³-hybridized carbons (Fsp3) is 0.571. The highest BCUT2D eigenvalue weighted by Crippen LogP contribution is 2.43. The van der Waals surface area contributed by atoms with Crippen molar-refractivity contribution in [1.82, 2.24) is 0 Å². The minimum atomic E-state index is -4.56. The first-order chi connectivity index (χ1) is 8.31. The zero-order valence-electron chi connectivity index (χ0n) is 12.4. The molecular weight excluding hydrogens is 263 g/mol. The Balaban J connectivity index is 3.39. The molecule has 0 aliphatic rings. The van der Waals surface area contributed by atoms with Crippen LogP contribution in [0.2, 0.25) is 0 Å². The van der Waals surface area contributed by atoms with E-state index in [0.29, 0.717) is 0 Å². The average molecular weight is 286 g/mol. The van der Waals surface area contributed by atoms with Crippen molar-refractivity contribution in [3.05, 3.63) is 29.3 Å². The number of hydrogen-bond donors (Lipinski definition) is 2. The van der Waals surface area contributed by atoms with Crippen molar-refractivity contribution < 1.29 is 18.9 Å². The van der Waals surface area contributed by atoms with Crippen LogP contribution in [0.3, 0.4) is 0 Å². The van der Waals surface area contributed by atoms with Gasteiger partial charge in [-0.1, -0.05) is 53.7 Å². The fourth-order valence-electron chi connectivity index (χ4n) is 1.81. The van der Waals surface area contributed by atoms with Crippen molar-refractivity contribution in [1.29, 1.82) is 0 Å². The van der Waals surface area contributed by atoms with Gasteiger partial charge in [-0.3, -0.25) is 9.79 Å². The molecule has 2 N–H and O–H groups in total. The molecule has 0 heterocycles. The average Bonchev–Trinajstić information content (AvgIpc) is 2.11. The molecule has 0 unspecified atom stereocenters. The van der Waals surface area contributed by atoms with Gasteiger partial charge in [0.25, 0.3) is 0 Å². The Morgan fingerprint density at radius 1 is 1.00 bits per heavy atom. The molecule has 0 atom stereocenters. The van der Waals surface area contributed by atoms with Crippen molar-refractivity contribution in [3.8, 4) is 5.75 Å². The normalized spacial score (nSPS) is 13.5. The molecule has 0 spiro atoms. The van der Waals surface area contributed by atoms with Gasteiger partial charge in [-0.15, -0.1) is 0 Å². The van der Waals surface area contributed by atoms with E-state index in [-0.39, 0.29) is 16.6 Å². The van der Waals surface area contributed by atoms with Gasteiger partial charge in [-0.05, 0) is 22.5 Å². The zero-order chi connectivity index (χ0) is 15.1. The Kier molecular flexibility index (Phi) is 4.21. The van der Waals surface area contributed by atoms with Crippen molar-refractivity contribution in [2.75, 3.05) is 0 Å². The summed E-state index contributed by atoms with van der Waals surface area (Å²) in [5.41, 5.74) is 1.40. The van der Waals surface area contributed by atoms with Gasteiger partial charge in [0.2, 0.25) is 0 Å². The molecule has 1 rings (SSSR count). The molecule has 0 fully saturated rings. The fourth-order valence-corrected chi connectivity index (χ4v) is 2.22. The molecule has 19 heavy (non-hydrogen) atoms. The molecule has 0 aliphatic heterocycles. The van der Waals surface area contributed by atoms with Crippen molar-refractivity contribution in [3.63, 3.8) is 0 Å². The van der Waals surface area contributed by atoms with Crippen LogP contribution in [0.15, 0.2) is 18.2 Å². The highest BCUT2D eigenvalue weighted by Gasteiger charge is 2.26. The third-order valence-corrected chi connectivity index (χ3v) is 3.31. The predicted octanol–water partition coefficient (Wildman–Crippen LogP) is 3.75. The lowest BCUT2D eigenvalue weighted by atomic mass is 9.81. The van der Waals surface area contributed by atoms with E-state index in [1.54, 1.807) is 6.07 Å². The third kappa shape index (κ3) is 4.64. The second-order valence-electron chi connectivity index (χ2n) is 6.79. The SMILES string of the molecule is CC(C)(C)c1ccc(C(C)(C)C)c(OP(=O)(O)O)c1. The molecular formula is C14H23O4P.